The van der Waals surface area contributed by atoms with Crippen molar-refractivity contribution in [3.8, 4) is 5.75 Å². The highest BCUT2D eigenvalue weighted by Crippen LogP contribution is 2.50. The first-order valence-corrected chi connectivity index (χ1v) is 8.48. The zero-order valence-corrected chi connectivity index (χ0v) is 13.5. The Balaban J connectivity index is 3.23. The van der Waals surface area contributed by atoms with E-state index in [-0.39, 0.29) is 17.8 Å². The molecule has 5 nitrogen and oxygen atoms in total. The number of rotatable bonds is 6. The van der Waals surface area contributed by atoms with Crippen molar-refractivity contribution in [2.24, 2.45) is 0 Å². The van der Waals surface area contributed by atoms with Crippen LogP contribution in [-0.2, 0) is 26.3 Å². The third-order valence-corrected chi connectivity index (χ3v) is 4.18. The van der Waals surface area contributed by atoms with Crippen LogP contribution in [0.1, 0.15) is 56.8 Å². The van der Waals surface area contributed by atoms with Gasteiger partial charge in [-0.25, -0.2) is 9.97 Å². The molecule has 0 fully saturated rings. The number of nitrogens with zero attached hydrogens (tertiary/aromatic N) is 2. The minimum absolute atomic E-state index is 0.0122. The van der Waals surface area contributed by atoms with Crippen molar-refractivity contribution in [2.75, 3.05) is 6.61 Å². The third kappa shape index (κ3) is 5.44. The minimum atomic E-state index is -3.97. The van der Waals surface area contributed by atoms with E-state index in [1.165, 1.54) is 12.4 Å². The molecular formula is C13H23N2O3PS. The first-order valence-electron chi connectivity index (χ1n) is 9.43. The van der Waals surface area contributed by atoms with Gasteiger partial charge in [0, 0.05) is 25.4 Å². The summed E-state index contributed by atoms with van der Waals surface area (Å²) >= 11 is 5.14. The Bertz CT molecular complexity index is 675. The summed E-state index contributed by atoms with van der Waals surface area (Å²) in [6.07, 6.45) is -0.725. The van der Waals surface area contributed by atoms with E-state index in [2.05, 4.69) is 9.97 Å². The molecule has 0 N–H and O–H groups in total. The lowest BCUT2D eigenvalue weighted by molar-refractivity contribution is 0.171. The van der Waals surface area contributed by atoms with Gasteiger partial charge in [-0.1, -0.05) is 20.8 Å². The molecule has 0 saturated carbocycles. The van der Waals surface area contributed by atoms with Gasteiger partial charge < -0.3 is 4.52 Å². The summed E-state index contributed by atoms with van der Waals surface area (Å²) in [5.74, 6) is 0.540. The molecule has 0 radical (unpaired) electrons. The first kappa shape index (κ1) is 9.46. The second-order valence-electron chi connectivity index (χ2n) is 4.87. The summed E-state index contributed by atoms with van der Waals surface area (Å²) in [5, 5.41) is 0. The largest absolute Gasteiger partial charge is 0.421 e. The minimum Gasteiger partial charge on any atom is -0.421 e. The standard InChI is InChI=1S/C13H23N2O3PS/c1-7-16-19(20,17-10(2)3)18-11-8-14-12(15-9-11)13(4,5)6/h8-10H,7H2,1-6H3/i2D3,3D3,10D. The van der Waals surface area contributed by atoms with Crippen LogP contribution in [0.15, 0.2) is 12.4 Å². The van der Waals surface area contributed by atoms with Gasteiger partial charge in [0.1, 0.15) is 5.82 Å². The molecule has 1 aromatic rings. The normalized spacial score (nSPS) is 22.1. The fourth-order valence-electron chi connectivity index (χ4n) is 1.22. The van der Waals surface area contributed by atoms with Crippen LogP contribution in [-0.4, -0.2) is 22.7 Å². The average Bonchev–Trinajstić information content (AvgIpc) is 2.44. The Hall–Kier alpha value is -0.550. The van der Waals surface area contributed by atoms with E-state index < -0.39 is 26.5 Å². The molecule has 7 heteroatoms. The maximum absolute atomic E-state index is 7.96. The van der Waals surface area contributed by atoms with Crippen LogP contribution in [0.4, 0.5) is 0 Å². The lowest BCUT2D eigenvalue weighted by Crippen LogP contribution is -2.15. The molecule has 0 aliphatic heterocycles. The van der Waals surface area contributed by atoms with E-state index >= 15 is 0 Å². The first-order chi connectivity index (χ1) is 12.0. The Labute approximate surface area is 136 Å². The summed E-state index contributed by atoms with van der Waals surface area (Å²) in [7, 11) is 0. The van der Waals surface area contributed by atoms with Crippen LogP contribution in [0.25, 0.3) is 0 Å². The van der Waals surface area contributed by atoms with Gasteiger partial charge in [-0.15, -0.1) is 0 Å². The molecule has 1 rings (SSSR count). The molecule has 1 atom stereocenters. The van der Waals surface area contributed by atoms with E-state index in [0.29, 0.717) is 5.82 Å². The van der Waals surface area contributed by atoms with Crippen LogP contribution < -0.4 is 4.52 Å². The molecule has 0 bridgehead atoms. The van der Waals surface area contributed by atoms with E-state index in [1.54, 1.807) is 6.92 Å². The molecule has 1 heterocycles. The summed E-state index contributed by atoms with van der Waals surface area (Å²) in [6, 6.07) is 0. The Morgan fingerprint density at radius 3 is 2.45 bits per heavy atom. The zero-order chi connectivity index (χ0) is 21.3. The van der Waals surface area contributed by atoms with Gasteiger partial charge in [0.05, 0.1) is 26.5 Å². The third-order valence-electron chi connectivity index (χ3n) is 2.01. The smallest absolute Gasteiger partial charge is 0.380 e. The zero-order valence-electron chi connectivity index (χ0n) is 18.8. The lowest BCUT2D eigenvalue weighted by Gasteiger charge is -2.23. The van der Waals surface area contributed by atoms with E-state index in [9.17, 15) is 0 Å². The van der Waals surface area contributed by atoms with Crippen LogP contribution in [0.3, 0.4) is 0 Å². The van der Waals surface area contributed by atoms with Crippen molar-refractivity contribution in [2.45, 2.75) is 52.9 Å². The number of aromatic nitrogens is 2. The average molecular weight is 325 g/mol. The van der Waals surface area contributed by atoms with Crippen molar-refractivity contribution >= 4 is 18.5 Å². The van der Waals surface area contributed by atoms with Gasteiger partial charge in [0.2, 0.25) is 0 Å². The van der Waals surface area contributed by atoms with Crippen LogP contribution in [0, 0.1) is 0 Å². The van der Waals surface area contributed by atoms with E-state index in [1.807, 2.05) is 20.8 Å². The predicted molar refractivity (Wildman–Crippen MR) is 83.5 cm³/mol. The maximum atomic E-state index is 7.96. The SMILES string of the molecule is [2H]C([2H])([2H])C([2H])(OP(=S)(OCC)Oc1cnc(C(C)(C)C)nc1)C([2H])([2H])[2H]. The number of hydrogen-bond donors (Lipinski definition) is 0. The second-order valence-corrected chi connectivity index (χ2v) is 7.73. The van der Waals surface area contributed by atoms with Crippen molar-refractivity contribution in [1.29, 1.82) is 0 Å². The molecule has 1 aromatic heterocycles. The van der Waals surface area contributed by atoms with Crippen molar-refractivity contribution < 1.29 is 23.2 Å². The van der Waals surface area contributed by atoms with Crippen LogP contribution >= 0.6 is 6.72 Å². The second kappa shape index (κ2) is 6.94. The highest BCUT2D eigenvalue weighted by molar-refractivity contribution is 8.07. The van der Waals surface area contributed by atoms with Crippen LogP contribution in [0.5, 0.6) is 5.75 Å². The molecule has 20 heavy (non-hydrogen) atoms. The molecule has 0 aliphatic carbocycles. The highest BCUT2D eigenvalue weighted by atomic mass is 32.5. The monoisotopic (exact) mass is 325 g/mol. The van der Waals surface area contributed by atoms with Gasteiger partial charge in [-0.2, -0.15) is 0 Å². The van der Waals surface area contributed by atoms with Crippen LogP contribution in [0.2, 0.25) is 0 Å². The van der Waals surface area contributed by atoms with Gasteiger partial charge in [0.15, 0.2) is 5.75 Å². The van der Waals surface area contributed by atoms with E-state index in [0.717, 1.165) is 0 Å². The summed E-state index contributed by atoms with van der Waals surface area (Å²) in [4.78, 5) is 8.29. The van der Waals surface area contributed by atoms with Crippen molar-refractivity contribution in [3.63, 3.8) is 0 Å². The lowest BCUT2D eigenvalue weighted by atomic mass is 9.96. The quantitative estimate of drug-likeness (QED) is 0.741. The van der Waals surface area contributed by atoms with E-state index in [4.69, 9.17) is 35.0 Å². The number of hydrogen-bond acceptors (Lipinski definition) is 6. The molecule has 0 amide bonds. The molecule has 0 aromatic carbocycles. The highest BCUT2D eigenvalue weighted by Gasteiger charge is 2.24. The summed E-state index contributed by atoms with van der Waals surface area (Å²) in [6.45, 7) is -3.37. The fraction of sp³-hybridized carbons (Fsp3) is 0.692. The summed E-state index contributed by atoms with van der Waals surface area (Å²) in [5.41, 5.74) is -0.312. The maximum Gasteiger partial charge on any atom is 0.380 e. The molecule has 1 unspecified atom stereocenters. The van der Waals surface area contributed by atoms with Crippen molar-refractivity contribution in [3.05, 3.63) is 18.2 Å². The Morgan fingerprint density at radius 2 is 2.00 bits per heavy atom. The van der Waals surface area contributed by atoms with Gasteiger partial charge >= 0.3 is 6.72 Å². The Kier molecular flexibility index (Phi) is 3.28. The van der Waals surface area contributed by atoms with Gasteiger partial charge in [0.25, 0.3) is 0 Å². The Morgan fingerprint density at radius 1 is 1.40 bits per heavy atom. The topological polar surface area (TPSA) is 53.5 Å². The van der Waals surface area contributed by atoms with Gasteiger partial charge in [-0.3, -0.25) is 9.05 Å². The molecule has 114 valence electrons. The molecule has 0 saturated heterocycles. The fourth-order valence-corrected chi connectivity index (χ4v) is 3.05. The van der Waals surface area contributed by atoms with Crippen molar-refractivity contribution in [1.82, 2.24) is 9.97 Å². The molecule has 0 aliphatic rings. The van der Waals surface area contributed by atoms with Gasteiger partial charge in [-0.05, 0) is 20.6 Å². The molecular weight excluding hydrogens is 295 g/mol. The molecule has 0 spiro atoms. The predicted octanol–water partition coefficient (Wildman–Crippen LogP) is 3.84. The summed E-state index contributed by atoms with van der Waals surface area (Å²) < 4.78 is 68.2.